The molecule has 0 heterocycles. The molecule has 2 N–H and O–H groups in total. The number of esters is 1. The van der Waals surface area contributed by atoms with Crippen molar-refractivity contribution < 1.29 is 29.3 Å². The molecule has 0 radical (unpaired) electrons. The number of allylic oxidation sites excluding steroid dienone is 4. The molecule has 0 amide bonds. The van der Waals surface area contributed by atoms with Gasteiger partial charge in [0.05, 0.1) is 6.10 Å². The molecule has 3 aliphatic carbocycles. The first-order valence-electron chi connectivity index (χ1n) is 10.9. The quantitative estimate of drug-likeness (QED) is 0.666. The topological polar surface area (TPSA) is 101 Å². The Morgan fingerprint density at radius 1 is 1.30 bits per heavy atom. The zero-order chi connectivity index (χ0) is 22.5. The molecule has 0 bridgehead atoms. The number of aliphatic hydroxyl groups is 2. The fourth-order valence-electron chi connectivity index (χ4n) is 6.84. The lowest BCUT2D eigenvalue weighted by Gasteiger charge is -2.56. The standard InChI is InChI=1S/C24H34O6/c1-6-16-11-17(26)7-9-22(16,4)21-14(2)18-8-10-24(29,20(28)13-30-15(3)25)23(18,5)12-19(21)27/h7,9,11,14,18-19,21,27,29H,6,8,10,12-13H2,1-5H3/t14-,18-,19-,21+,22-,23-,24-/m0/s1. The second kappa shape index (κ2) is 7.72. The summed E-state index contributed by atoms with van der Waals surface area (Å²) in [6.07, 6.45) is 6.39. The second-order valence-corrected chi connectivity index (χ2v) is 9.82. The van der Waals surface area contributed by atoms with Gasteiger partial charge in [-0.1, -0.05) is 39.3 Å². The van der Waals surface area contributed by atoms with Gasteiger partial charge in [0.2, 0.25) is 5.78 Å². The summed E-state index contributed by atoms with van der Waals surface area (Å²) in [5, 5.41) is 22.8. The highest BCUT2D eigenvalue weighted by atomic mass is 16.5. The Morgan fingerprint density at radius 2 is 1.97 bits per heavy atom. The Balaban J connectivity index is 1.93. The molecule has 6 heteroatoms. The monoisotopic (exact) mass is 418 g/mol. The minimum absolute atomic E-state index is 0.0205. The second-order valence-electron chi connectivity index (χ2n) is 9.82. The van der Waals surface area contributed by atoms with Gasteiger partial charge in [-0.2, -0.15) is 0 Å². The first-order valence-corrected chi connectivity index (χ1v) is 10.9. The number of fused-ring (bicyclic) bond motifs is 1. The summed E-state index contributed by atoms with van der Waals surface area (Å²) in [7, 11) is 0. The van der Waals surface area contributed by atoms with E-state index < -0.39 is 40.9 Å². The van der Waals surface area contributed by atoms with Crippen molar-refractivity contribution >= 4 is 17.5 Å². The summed E-state index contributed by atoms with van der Waals surface area (Å²) in [5.41, 5.74) is -1.88. The van der Waals surface area contributed by atoms with Crippen molar-refractivity contribution in [1.82, 2.24) is 0 Å². The minimum Gasteiger partial charge on any atom is -0.458 e. The average molecular weight is 419 g/mol. The van der Waals surface area contributed by atoms with Crippen LogP contribution in [-0.4, -0.2) is 46.1 Å². The number of rotatable bonds is 5. The van der Waals surface area contributed by atoms with Gasteiger partial charge in [0, 0.05) is 23.7 Å². The number of carbonyl (C=O) groups excluding carboxylic acids is 3. The van der Waals surface area contributed by atoms with Crippen LogP contribution < -0.4 is 0 Å². The van der Waals surface area contributed by atoms with E-state index in [9.17, 15) is 24.6 Å². The van der Waals surface area contributed by atoms with Crippen molar-refractivity contribution in [2.75, 3.05) is 6.61 Å². The van der Waals surface area contributed by atoms with E-state index in [1.165, 1.54) is 6.92 Å². The Labute approximate surface area is 178 Å². The van der Waals surface area contributed by atoms with Crippen LogP contribution in [0.1, 0.15) is 60.3 Å². The van der Waals surface area contributed by atoms with Crippen molar-refractivity contribution in [2.24, 2.45) is 28.6 Å². The fraction of sp³-hybridized carbons (Fsp3) is 0.708. The van der Waals surface area contributed by atoms with Gasteiger partial charge in [-0.15, -0.1) is 0 Å². The molecule has 166 valence electrons. The number of ketones is 2. The van der Waals surface area contributed by atoms with Crippen LogP contribution in [0.3, 0.4) is 0 Å². The van der Waals surface area contributed by atoms with Crippen LogP contribution >= 0.6 is 0 Å². The molecule has 0 aromatic heterocycles. The predicted octanol–water partition coefficient (Wildman–Crippen LogP) is 2.76. The highest BCUT2D eigenvalue weighted by Gasteiger charge is 2.66. The molecule has 6 nitrogen and oxygen atoms in total. The number of carbonyl (C=O) groups is 3. The first-order chi connectivity index (χ1) is 13.9. The van der Waals surface area contributed by atoms with Gasteiger partial charge in [0.15, 0.2) is 12.4 Å². The highest BCUT2D eigenvalue weighted by molar-refractivity contribution is 6.01. The number of Topliss-reactive ketones (excluding diaryl/α,β-unsaturated/α-hetero) is 1. The molecule has 3 aliphatic rings. The van der Waals surface area contributed by atoms with E-state index in [1.54, 1.807) is 12.2 Å². The zero-order valence-corrected chi connectivity index (χ0v) is 18.6. The summed E-state index contributed by atoms with van der Waals surface area (Å²) in [5.74, 6) is -1.17. The van der Waals surface area contributed by atoms with E-state index >= 15 is 0 Å². The Morgan fingerprint density at radius 3 is 2.57 bits per heavy atom. The van der Waals surface area contributed by atoms with Gasteiger partial charge in [0.1, 0.15) is 5.60 Å². The Bertz CT molecular complexity index is 813. The van der Waals surface area contributed by atoms with Crippen LogP contribution in [0.4, 0.5) is 0 Å². The molecule has 0 unspecified atom stereocenters. The molecule has 7 atom stereocenters. The summed E-state index contributed by atoms with van der Waals surface area (Å²) < 4.78 is 4.87. The molecule has 30 heavy (non-hydrogen) atoms. The third-order valence-electron chi connectivity index (χ3n) is 8.37. The molecule has 0 spiro atoms. The summed E-state index contributed by atoms with van der Waals surface area (Å²) >= 11 is 0. The molecule has 2 fully saturated rings. The fourth-order valence-corrected chi connectivity index (χ4v) is 6.84. The molecular weight excluding hydrogens is 384 g/mol. The van der Waals surface area contributed by atoms with Gasteiger partial charge in [-0.05, 0) is 49.7 Å². The normalized spacial score (nSPS) is 43.2. The van der Waals surface area contributed by atoms with Crippen molar-refractivity contribution in [3.63, 3.8) is 0 Å². The van der Waals surface area contributed by atoms with E-state index in [-0.39, 0.29) is 30.0 Å². The maximum Gasteiger partial charge on any atom is 0.303 e. The first kappa shape index (κ1) is 22.9. The molecule has 3 rings (SSSR count). The zero-order valence-electron chi connectivity index (χ0n) is 18.6. The van der Waals surface area contributed by atoms with Crippen molar-refractivity contribution in [3.8, 4) is 0 Å². The molecule has 2 saturated carbocycles. The lowest BCUT2D eigenvalue weighted by molar-refractivity contribution is -0.177. The predicted molar refractivity (Wildman–Crippen MR) is 111 cm³/mol. The lowest BCUT2D eigenvalue weighted by Crippen LogP contribution is -2.60. The Kier molecular flexibility index (Phi) is 5.89. The third-order valence-corrected chi connectivity index (χ3v) is 8.37. The number of hydrogen-bond donors (Lipinski definition) is 2. The smallest absolute Gasteiger partial charge is 0.303 e. The van der Waals surface area contributed by atoms with E-state index in [0.717, 1.165) is 12.0 Å². The summed E-state index contributed by atoms with van der Waals surface area (Å²) in [6, 6.07) is 0. The van der Waals surface area contributed by atoms with E-state index in [2.05, 4.69) is 13.8 Å². The maximum absolute atomic E-state index is 12.9. The molecule has 0 saturated heterocycles. The van der Waals surface area contributed by atoms with E-state index in [4.69, 9.17) is 4.74 Å². The van der Waals surface area contributed by atoms with Crippen molar-refractivity contribution in [1.29, 1.82) is 0 Å². The van der Waals surface area contributed by atoms with Gasteiger partial charge in [0.25, 0.3) is 0 Å². The lowest BCUT2D eigenvalue weighted by atomic mass is 9.49. The molecule has 0 aliphatic heterocycles. The molecule has 0 aromatic carbocycles. The van der Waals surface area contributed by atoms with Crippen molar-refractivity contribution in [3.05, 3.63) is 23.8 Å². The molecular formula is C24H34O6. The van der Waals surface area contributed by atoms with Crippen LogP contribution in [0.15, 0.2) is 23.8 Å². The minimum atomic E-state index is -1.63. The van der Waals surface area contributed by atoms with Gasteiger partial charge < -0.3 is 14.9 Å². The van der Waals surface area contributed by atoms with Gasteiger partial charge in [-0.25, -0.2) is 0 Å². The number of aliphatic hydroxyl groups excluding tert-OH is 1. The van der Waals surface area contributed by atoms with Gasteiger partial charge >= 0.3 is 5.97 Å². The van der Waals surface area contributed by atoms with Crippen molar-refractivity contribution in [2.45, 2.75) is 72.0 Å². The summed E-state index contributed by atoms with van der Waals surface area (Å²) in [4.78, 5) is 35.9. The average Bonchev–Trinajstić information content (AvgIpc) is 2.93. The van der Waals surface area contributed by atoms with Crippen LogP contribution in [0.5, 0.6) is 0 Å². The largest absolute Gasteiger partial charge is 0.458 e. The van der Waals surface area contributed by atoms with E-state index in [0.29, 0.717) is 12.8 Å². The van der Waals surface area contributed by atoms with Crippen LogP contribution in [0.2, 0.25) is 0 Å². The third kappa shape index (κ3) is 3.28. The maximum atomic E-state index is 12.9. The van der Waals surface area contributed by atoms with Crippen LogP contribution in [-0.2, 0) is 19.1 Å². The number of hydrogen-bond acceptors (Lipinski definition) is 6. The highest BCUT2D eigenvalue weighted by Crippen LogP contribution is 2.64. The van der Waals surface area contributed by atoms with E-state index in [1.807, 2.05) is 19.9 Å². The van der Waals surface area contributed by atoms with Crippen LogP contribution in [0.25, 0.3) is 0 Å². The van der Waals surface area contributed by atoms with Crippen LogP contribution in [0, 0.1) is 28.6 Å². The SMILES string of the molecule is CCC1=CC(=O)C=C[C@]1(C)[C@@H]1[C@@H](C)[C@@H]2CC[C@](O)(C(=O)COC(C)=O)[C@@]2(C)C[C@@H]1O. The Hall–Kier alpha value is -1.79. The summed E-state index contributed by atoms with van der Waals surface area (Å²) in [6.45, 7) is 8.84. The number of ether oxygens (including phenoxy) is 1. The van der Waals surface area contributed by atoms with Gasteiger partial charge in [-0.3, -0.25) is 14.4 Å². The molecule has 0 aromatic rings.